The molecule has 0 unspecified atom stereocenters. The number of benzene rings is 1. The smallest absolute Gasteiger partial charge is 0.333 e. The Bertz CT molecular complexity index is 379. The average molecular weight is 239 g/mol. The molecular weight excluding hydrogens is 224 g/mol. The second kappa shape index (κ2) is 6.33. The first kappa shape index (κ1) is 12.8. The summed E-state index contributed by atoms with van der Waals surface area (Å²) in [6, 6.07) is 7.75. The van der Waals surface area contributed by atoms with Gasteiger partial charge in [-0.2, -0.15) is 0 Å². The Kier molecular flexibility index (Phi) is 5.06. The molecule has 0 N–H and O–H groups in total. The molecule has 16 heavy (non-hydrogen) atoms. The second-order valence-electron chi connectivity index (χ2n) is 3.42. The molecule has 1 aromatic carbocycles. The van der Waals surface area contributed by atoms with Crippen LogP contribution in [-0.4, -0.2) is 12.6 Å². The maximum Gasteiger partial charge on any atom is 0.333 e. The highest BCUT2D eigenvalue weighted by atomic mass is 35.5. The molecule has 0 spiro atoms. The lowest BCUT2D eigenvalue weighted by atomic mass is 10.1. The van der Waals surface area contributed by atoms with Gasteiger partial charge in [-0.05, 0) is 31.1 Å². The third-order valence-corrected chi connectivity index (χ3v) is 2.42. The highest BCUT2D eigenvalue weighted by Gasteiger charge is 2.03. The molecule has 86 valence electrons. The van der Waals surface area contributed by atoms with Gasteiger partial charge in [0.05, 0.1) is 6.61 Å². The van der Waals surface area contributed by atoms with Gasteiger partial charge in [0.25, 0.3) is 0 Å². The number of ether oxygens (including phenoxy) is 1. The fraction of sp³-hybridized carbons (Fsp3) is 0.308. The van der Waals surface area contributed by atoms with E-state index in [0.717, 1.165) is 11.1 Å². The van der Waals surface area contributed by atoms with Gasteiger partial charge in [0.1, 0.15) is 0 Å². The van der Waals surface area contributed by atoms with Crippen LogP contribution in [-0.2, 0) is 15.4 Å². The Morgan fingerprint density at radius 3 is 2.50 bits per heavy atom. The lowest BCUT2D eigenvalue weighted by Gasteiger charge is -2.02. The quantitative estimate of drug-likeness (QED) is 0.457. The fourth-order valence-corrected chi connectivity index (χ4v) is 1.43. The Morgan fingerprint density at radius 2 is 2.00 bits per heavy atom. The van der Waals surface area contributed by atoms with Crippen molar-refractivity contribution in [1.82, 2.24) is 0 Å². The van der Waals surface area contributed by atoms with Crippen molar-refractivity contribution in [2.75, 3.05) is 6.61 Å². The summed E-state index contributed by atoms with van der Waals surface area (Å²) in [6.45, 7) is 3.93. The van der Waals surface area contributed by atoms with E-state index in [1.165, 1.54) is 0 Å². The molecular formula is C13H15ClO2. The molecule has 0 radical (unpaired) electrons. The van der Waals surface area contributed by atoms with Gasteiger partial charge in [-0.25, -0.2) is 4.79 Å². The molecule has 0 saturated heterocycles. The largest absolute Gasteiger partial charge is 0.463 e. The third-order valence-electron chi connectivity index (χ3n) is 2.11. The van der Waals surface area contributed by atoms with Gasteiger partial charge >= 0.3 is 5.97 Å². The molecule has 0 heterocycles. The van der Waals surface area contributed by atoms with E-state index in [1.807, 2.05) is 24.3 Å². The van der Waals surface area contributed by atoms with Gasteiger partial charge in [0.2, 0.25) is 0 Å². The molecule has 0 fully saturated rings. The number of hydrogen-bond acceptors (Lipinski definition) is 2. The summed E-state index contributed by atoms with van der Waals surface area (Å²) in [5.74, 6) is 0.227. The van der Waals surface area contributed by atoms with Crippen molar-refractivity contribution in [1.29, 1.82) is 0 Å². The van der Waals surface area contributed by atoms with Gasteiger partial charge in [0.15, 0.2) is 0 Å². The summed E-state index contributed by atoms with van der Waals surface area (Å²) in [7, 11) is 0. The second-order valence-corrected chi connectivity index (χ2v) is 3.69. The standard InChI is InChI=1S/C13H15ClO2/c1-3-16-13(15)10(2)8-11-4-6-12(9-14)7-5-11/h4-8H,3,9H2,1-2H3/b10-8+. The maximum atomic E-state index is 11.4. The van der Waals surface area contributed by atoms with Crippen LogP contribution < -0.4 is 0 Å². The molecule has 3 heteroatoms. The molecule has 1 rings (SSSR count). The van der Waals surface area contributed by atoms with Gasteiger partial charge < -0.3 is 4.74 Å². The Morgan fingerprint density at radius 1 is 1.38 bits per heavy atom. The highest BCUT2D eigenvalue weighted by Crippen LogP contribution is 2.11. The van der Waals surface area contributed by atoms with Crippen LogP contribution in [0, 0.1) is 0 Å². The van der Waals surface area contributed by atoms with Crippen LogP contribution in [0.4, 0.5) is 0 Å². The maximum absolute atomic E-state index is 11.4. The molecule has 0 aliphatic rings. The summed E-state index contributed by atoms with van der Waals surface area (Å²) in [6.07, 6.45) is 1.80. The van der Waals surface area contributed by atoms with Crippen LogP contribution in [0.15, 0.2) is 29.8 Å². The summed E-state index contributed by atoms with van der Waals surface area (Å²) in [4.78, 5) is 11.4. The molecule has 2 nitrogen and oxygen atoms in total. The van der Waals surface area contributed by atoms with Crippen molar-refractivity contribution in [3.63, 3.8) is 0 Å². The third kappa shape index (κ3) is 3.70. The fourth-order valence-electron chi connectivity index (χ4n) is 1.26. The van der Waals surface area contributed by atoms with Crippen molar-refractivity contribution in [3.05, 3.63) is 41.0 Å². The van der Waals surface area contributed by atoms with E-state index < -0.39 is 0 Å². The monoisotopic (exact) mass is 238 g/mol. The van der Waals surface area contributed by atoms with Crippen molar-refractivity contribution in [2.24, 2.45) is 0 Å². The normalized spacial score (nSPS) is 11.3. The van der Waals surface area contributed by atoms with Crippen LogP contribution in [0.3, 0.4) is 0 Å². The van der Waals surface area contributed by atoms with Crippen molar-refractivity contribution < 1.29 is 9.53 Å². The van der Waals surface area contributed by atoms with Crippen LogP contribution in [0.25, 0.3) is 6.08 Å². The lowest BCUT2D eigenvalue weighted by molar-refractivity contribution is -0.138. The molecule has 0 amide bonds. The minimum Gasteiger partial charge on any atom is -0.463 e. The van der Waals surface area contributed by atoms with E-state index in [1.54, 1.807) is 19.9 Å². The van der Waals surface area contributed by atoms with E-state index in [4.69, 9.17) is 16.3 Å². The van der Waals surface area contributed by atoms with E-state index >= 15 is 0 Å². The van der Waals surface area contributed by atoms with Crippen LogP contribution in [0.2, 0.25) is 0 Å². The van der Waals surface area contributed by atoms with Gasteiger partial charge in [0, 0.05) is 11.5 Å². The molecule has 0 aliphatic heterocycles. The number of hydrogen-bond donors (Lipinski definition) is 0. The molecule has 0 saturated carbocycles. The predicted octanol–water partition coefficient (Wildman–Crippen LogP) is 3.39. The Labute approximate surface area is 101 Å². The predicted molar refractivity (Wildman–Crippen MR) is 66.3 cm³/mol. The SMILES string of the molecule is CCOC(=O)/C(C)=C/c1ccc(CCl)cc1. The molecule has 0 bridgehead atoms. The van der Waals surface area contributed by atoms with E-state index in [2.05, 4.69) is 0 Å². The van der Waals surface area contributed by atoms with Gasteiger partial charge in [-0.3, -0.25) is 0 Å². The number of alkyl halides is 1. The minimum absolute atomic E-state index is 0.274. The van der Waals surface area contributed by atoms with Crippen molar-refractivity contribution in [2.45, 2.75) is 19.7 Å². The van der Waals surface area contributed by atoms with E-state index in [9.17, 15) is 4.79 Å². The van der Waals surface area contributed by atoms with Crippen LogP contribution in [0.1, 0.15) is 25.0 Å². The zero-order valence-electron chi connectivity index (χ0n) is 9.50. The van der Waals surface area contributed by atoms with Gasteiger partial charge in [-0.1, -0.05) is 24.3 Å². The minimum atomic E-state index is -0.274. The lowest BCUT2D eigenvalue weighted by Crippen LogP contribution is -2.04. The summed E-state index contributed by atoms with van der Waals surface area (Å²) in [5.41, 5.74) is 2.63. The van der Waals surface area contributed by atoms with Crippen LogP contribution >= 0.6 is 11.6 Å². The average Bonchev–Trinajstić information content (AvgIpc) is 2.30. The van der Waals surface area contributed by atoms with Crippen LogP contribution in [0.5, 0.6) is 0 Å². The first-order valence-corrected chi connectivity index (χ1v) is 5.71. The van der Waals surface area contributed by atoms with Gasteiger partial charge in [-0.15, -0.1) is 11.6 Å². The Hall–Kier alpha value is -1.28. The molecule has 0 atom stereocenters. The number of esters is 1. The zero-order chi connectivity index (χ0) is 12.0. The molecule has 1 aromatic rings. The van der Waals surface area contributed by atoms with Crippen molar-refractivity contribution in [3.8, 4) is 0 Å². The number of carbonyl (C=O) groups is 1. The summed E-state index contributed by atoms with van der Waals surface area (Å²) < 4.78 is 4.89. The summed E-state index contributed by atoms with van der Waals surface area (Å²) >= 11 is 5.69. The summed E-state index contributed by atoms with van der Waals surface area (Å²) in [5, 5.41) is 0. The van der Waals surface area contributed by atoms with Crippen molar-refractivity contribution >= 4 is 23.6 Å². The molecule has 0 aromatic heterocycles. The number of rotatable bonds is 4. The first-order valence-electron chi connectivity index (χ1n) is 5.17. The van der Waals surface area contributed by atoms with E-state index in [-0.39, 0.29) is 5.97 Å². The topological polar surface area (TPSA) is 26.3 Å². The number of halogens is 1. The van der Waals surface area contributed by atoms with E-state index in [0.29, 0.717) is 18.1 Å². The highest BCUT2D eigenvalue weighted by molar-refractivity contribution is 6.17. The number of carbonyl (C=O) groups excluding carboxylic acids is 1. The first-order chi connectivity index (χ1) is 7.67. The molecule has 0 aliphatic carbocycles. The zero-order valence-corrected chi connectivity index (χ0v) is 10.3. The Balaban J connectivity index is 2.77.